The third-order valence-electron chi connectivity index (χ3n) is 18.5. The fraction of sp³-hybridized carbons (Fsp3) is 0.924. The van der Waals surface area contributed by atoms with E-state index in [9.17, 15) is 19.8 Å². The molecule has 0 aliphatic carbocycles. The maximum atomic E-state index is 12.6. The van der Waals surface area contributed by atoms with Gasteiger partial charge in [0.05, 0.1) is 25.4 Å². The lowest BCUT2D eigenvalue weighted by molar-refractivity contribution is -0.143. The Balaban J connectivity index is 3.32. The maximum Gasteiger partial charge on any atom is 0.305 e. The second kappa shape index (κ2) is 74.8. The minimum absolute atomic E-state index is 0.0144. The van der Waals surface area contributed by atoms with Crippen LogP contribution in [0.3, 0.4) is 0 Å². The van der Waals surface area contributed by atoms with Crippen LogP contribution in [0.1, 0.15) is 444 Å². The van der Waals surface area contributed by atoms with Crippen molar-refractivity contribution in [2.45, 2.75) is 456 Å². The van der Waals surface area contributed by atoms with Gasteiger partial charge < -0.3 is 20.3 Å². The van der Waals surface area contributed by atoms with E-state index in [1.165, 1.54) is 360 Å². The second-order valence-electron chi connectivity index (χ2n) is 27.0. The summed E-state index contributed by atoms with van der Waals surface area (Å²) in [6.45, 7) is 4.98. The van der Waals surface area contributed by atoms with Gasteiger partial charge in [0.15, 0.2) is 0 Å². The van der Waals surface area contributed by atoms with E-state index in [1.807, 2.05) is 0 Å². The number of hydrogen-bond donors (Lipinski definition) is 3. The molecule has 0 aromatic heterocycles. The molecule has 0 aliphatic heterocycles. The number of rotatable bonds is 74. The number of carbonyl (C=O) groups is 2. The zero-order valence-electron chi connectivity index (χ0n) is 57.9. The molecule has 0 fully saturated rings. The van der Waals surface area contributed by atoms with Crippen LogP contribution in [0.25, 0.3) is 0 Å². The van der Waals surface area contributed by atoms with E-state index >= 15 is 0 Å². The normalized spacial score (nSPS) is 12.6. The molecule has 0 saturated carbocycles. The predicted molar refractivity (Wildman–Crippen MR) is 375 cm³/mol. The molecule has 0 aliphatic rings. The standard InChI is InChI=1S/C79H153NO5/c1-3-5-7-9-11-13-15-17-19-21-36-40-43-47-51-55-59-63-67-71-77(82)76(75-81)80-78(83)72-68-64-60-56-52-48-44-41-37-34-32-30-28-26-24-22-23-25-27-29-31-33-35-38-42-46-50-54-58-62-66-70-74-85-79(84)73-69-65-61-57-53-49-45-39-20-18-16-14-12-10-8-6-4-2/h12,14,18,20,76-77,81-82H,3-11,13,15-17,19,21-75H2,1-2H3,(H,80,83)/b14-12-,20-18-. The first kappa shape index (κ1) is 83.3. The molecule has 0 heterocycles. The van der Waals surface area contributed by atoms with Crippen LogP contribution in [-0.4, -0.2) is 47.4 Å². The van der Waals surface area contributed by atoms with Gasteiger partial charge in [-0.2, -0.15) is 0 Å². The van der Waals surface area contributed by atoms with E-state index in [-0.39, 0.29) is 18.5 Å². The van der Waals surface area contributed by atoms with Gasteiger partial charge in [0.1, 0.15) is 0 Å². The molecular formula is C79H153NO5. The van der Waals surface area contributed by atoms with Gasteiger partial charge in [-0.05, 0) is 57.8 Å². The first-order valence-electron chi connectivity index (χ1n) is 39.1. The van der Waals surface area contributed by atoms with Crippen molar-refractivity contribution < 1.29 is 24.5 Å². The minimum atomic E-state index is -0.662. The third-order valence-corrected chi connectivity index (χ3v) is 18.5. The Bertz CT molecular complexity index is 1330. The van der Waals surface area contributed by atoms with Crippen molar-refractivity contribution in [3.05, 3.63) is 24.3 Å². The number of nitrogens with one attached hydrogen (secondary N) is 1. The van der Waals surface area contributed by atoms with Crippen molar-refractivity contribution in [1.29, 1.82) is 0 Å². The van der Waals surface area contributed by atoms with Crippen molar-refractivity contribution in [3.63, 3.8) is 0 Å². The van der Waals surface area contributed by atoms with Crippen LogP contribution in [0.2, 0.25) is 0 Å². The molecule has 2 atom stereocenters. The number of carbonyl (C=O) groups excluding carboxylic acids is 2. The highest BCUT2D eigenvalue weighted by atomic mass is 16.5. The molecule has 6 heteroatoms. The molecule has 0 bridgehead atoms. The van der Waals surface area contributed by atoms with Crippen LogP contribution in [0.15, 0.2) is 24.3 Å². The van der Waals surface area contributed by atoms with Crippen molar-refractivity contribution in [3.8, 4) is 0 Å². The van der Waals surface area contributed by atoms with Crippen LogP contribution in [0.4, 0.5) is 0 Å². The first-order chi connectivity index (χ1) is 42.0. The first-order valence-corrected chi connectivity index (χ1v) is 39.1. The Labute approximate surface area is 532 Å². The maximum absolute atomic E-state index is 12.6. The van der Waals surface area contributed by atoms with Crippen molar-refractivity contribution in [2.75, 3.05) is 13.2 Å². The van der Waals surface area contributed by atoms with E-state index in [1.54, 1.807) is 0 Å². The summed E-state index contributed by atoms with van der Waals surface area (Å²) >= 11 is 0. The number of aliphatic hydroxyl groups is 2. The summed E-state index contributed by atoms with van der Waals surface area (Å²) in [6, 6.07) is -0.538. The van der Waals surface area contributed by atoms with Crippen LogP contribution in [0, 0.1) is 0 Å². The lowest BCUT2D eigenvalue weighted by Crippen LogP contribution is -2.45. The fourth-order valence-electron chi connectivity index (χ4n) is 12.6. The Kier molecular flexibility index (Phi) is 73.3. The number of hydrogen-bond acceptors (Lipinski definition) is 5. The SMILES string of the molecule is CCCCC/C=C\C/C=C\CCCCCCCCCC(=O)OCCCCCCCCCCCCCCCCCCCCCCCCCCCCCCCCCCC(=O)NC(CO)C(O)CCCCCCCCCCCCCCCCCCCCC. The topological polar surface area (TPSA) is 95.9 Å². The largest absolute Gasteiger partial charge is 0.466 e. The highest BCUT2D eigenvalue weighted by Gasteiger charge is 2.20. The average molecular weight is 1200 g/mol. The molecule has 85 heavy (non-hydrogen) atoms. The molecule has 0 aromatic carbocycles. The summed E-state index contributed by atoms with van der Waals surface area (Å²) in [6.07, 6.45) is 95.5. The van der Waals surface area contributed by atoms with Gasteiger partial charge in [0.25, 0.3) is 0 Å². The average Bonchev–Trinajstić information content (AvgIpc) is 3.51. The summed E-state index contributed by atoms with van der Waals surface area (Å²) in [4.78, 5) is 24.7. The highest BCUT2D eigenvalue weighted by molar-refractivity contribution is 5.76. The van der Waals surface area contributed by atoms with E-state index in [4.69, 9.17) is 4.74 Å². The number of aliphatic hydroxyl groups excluding tert-OH is 2. The molecule has 0 spiro atoms. The minimum Gasteiger partial charge on any atom is -0.466 e. The van der Waals surface area contributed by atoms with Gasteiger partial charge in [-0.15, -0.1) is 0 Å². The van der Waals surface area contributed by atoms with Crippen LogP contribution in [-0.2, 0) is 14.3 Å². The lowest BCUT2D eigenvalue weighted by atomic mass is 10.0. The molecule has 2 unspecified atom stereocenters. The summed E-state index contributed by atoms with van der Waals surface area (Å²) in [7, 11) is 0. The van der Waals surface area contributed by atoms with E-state index < -0.39 is 12.1 Å². The Morgan fingerprint density at radius 1 is 0.329 bits per heavy atom. The Morgan fingerprint density at radius 3 is 0.918 bits per heavy atom. The van der Waals surface area contributed by atoms with Crippen molar-refractivity contribution >= 4 is 11.9 Å². The molecule has 0 aromatic rings. The summed E-state index contributed by atoms with van der Waals surface area (Å²) < 4.78 is 5.51. The van der Waals surface area contributed by atoms with Gasteiger partial charge in [-0.3, -0.25) is 9.59 Å². The van der Waals surface area contributed by atoms with Crippen molar-refractivity contribution in [2.24, 2.45) is 0 Å². The summed E-state index contributed by atoms with van der Waals surface area (Å²) in [5, 5.41) is 23.4. The number of unbranched alkanes of at least 4 members (excludes halogenated alkanes) is 59. The summed E-state index contributed by atoms with van der Waals surface area (Å²) in [5.41, 5.74) is 0. The van der Waals surface area contributed by atoms with Gasteiger partial charge in [0.2, 0.25) is 5.91 Å². The number of allylic oxidation sites excluding steroid dienone is 4. The van der Waals surface area contributed by atoms with Crippen LogP contribution < -0.4 is 5.32 Å². The quantitative estimate of drug-likeness (QED) is 0.0320. The predicted octanol–water partition coefficient (Wildman–Crippen LogP) is 25.7. The number of amides is 1. The second-order valence-corrected chi connectivity index (χ2v) is 27.0. The molecule has 0 saturated heterocycles. The lowest BCUT2D eigenvalue weighted by Gasteiger charge is -2.22. The van der Waals surface area contributed by atoms with Crippen molar-refractivity contribution in [1.82, 2.24) is 5.32 Å². The zero-order valence-corrected chi connectivity index (χ0v) is 57.9. The van der Waals surface area contributed by atoms with Crippen LogP contribution in [0.5, 0.6) is 0 Å². The Hall–Kier alpha value is -1.66. The highest BCUT2D eigenvalue weighted by Crippen LogP contribution is 2.20. The monoisotopic (exact) mass is 1200 g/mol. The van der Waals surface area contributed by atoms with Gasteiger partial charge in [-0.25, -0.2) is 0 Å². The van der Waals surface area contributed by atoms with E-state index in [0.29, 0.717) is 25.9 Å². The van der Waals surface area contributed by atoms with Crippen LogP contribution >= 0.6 is 0 Å². The fourth-order valence-corrected chi connectivity index (χ4v) is 12.6. The van der Waals surface area contributed by atoms with Gasteiger partial charge in [-0.1, -0.05) is 398 Å². The molecule has 0 radical (unpaired) electrons. The zero-order chi connectivity index (χ0) is 61.3. The number of esters is 1. The smallest absolute Gasteiger partial charge is 0.305 e. The van der Waals surface area contributed by atoms with Gasteiger partial charge >= 0.3 is 5.97 Å². The molecule has 1 amide bonds. The molecule has 0 rings (SSSR count). The van der Waals surface area contributed by atoms with E-state index in [2.05, 4.69) is 43.5 Å². The third kappa shape index (κ3) is 71.3. The summed E-state index contributed by atoms with van der Waals surface area (Å²) in [5.74, 6) is -0.0113. The molecule has 3 N–H and O–H groups in total. The van der Waals surface area contributed by atoms with E-state index in [0.717, 1.165) is 51.4 Å². The number of ether oxygens (including phenoxy) is 1. The van der Waals surface area contributed by atoms with Gasteiger partial charge in [0, 0.05) is 12.8 Å². The molecule has 6 nitrogen and oxygen atoms in total. The molecular weight excluding hydrogens is 1040 g/mol. The molecule has 504 valence electrons. The Morgan fingerprint density at radius 2 is 0.588 bits per heavy atom.